The molecule has 0 atom stereocenters. The maximum Gasteiger partial charge on any atom is 0.239 e. The first-order chi connectivity index (χ1) is 12.1. The molecule has 2 aliphatic rings. The maximum absolute atomic E-state index is 12.3. The van der Waals surface area contributed by atoms with E-state index in [1.807, 2.05) is 18.2 Å². The lowest BCUT2D eigenvalue weighted by molar-refractivity contribution is -0.136. The molecule has 3 rings (SSSR count). The van der Waals surface area contributed by atoms with Crippen LogP contribution >= 0.6 is 0 Å². The molecule has 0 unspecified atom stereocenters. The lowest BCUT2D eigenvalue weighted by atomic mass is 10.1. The van der Waals surface area contributed by atoms with Gasteiger partial charge in [-0.05, 0) is 30.5 Å². The minimum absolute atomic E-state index is 0.0230. The highest BCUT2D eigenvalue weighted by Gasteiger charge is 2.24. The molecule has 0 saturated heterocycles. The van der Waals surface area contributed by atoms with Gasteiger partial charge in [0.05, 0.1) is 6.54 Å². The topological polar surface area (TPSA) is 67.9 Å². The average molecular weight is 346 g/mol. The fraction of sp³-hybridized carbons (Fsp3) is 0.579. The van der Waals surface area contributed by atoms with E-state index in [4.69, 9.17) is 9.47 Å². The SMILES string of the molecule is CC(=O)N(CC(=O)NCc1ccc2c(c1)OCO2)C1CCCCCC1. The molecule has 1 aliphatic heterocycles. The van der Waals surface area contributed by atoms with Gasteiger partial charge in [-0.25, -0.2) is 0 Å². The van der Waals surface area contributed by atoms with E-state index in [0.717, 1.165) is 37.0 Å². The summed E-state index contributed by atoms with van der Waals surface area (Å²) in [6.45, 7) is 2.33. The number of carbonyl (C=O) groups excluding carboxylic acids is 2. The highest BCUT2D eigenvalue weighted by molar-refractivity contribution is 5.84. The lowest BCUT2D eigenvalue weighted by Crippen LogP contribution is -2.45. The molecule has 1 aromatic rings. The number of nitrogens with zero attached hydrogens (tertiary/aromatic N) is 1. The van der Waals surface area contributed by atoms with Gasteiger partial charge in [-0.1, -0.05) is 31.7 Å². The molecule has 0 aromatic heterocycles. The first-order valence-electron chi connectivity index (χ1n) is 9.06. The first kappa shape index (κ1) is 17.6. The standard InChI is InChI=1S/C19H26N2O4/c1-14(22)21(16-6-4-2-3-5-7-16)12-19(23)20-11-15-8-9-17-18(10-15)25-13-24-17/h8-10,16H,2-7,11-13H2,1H3,(H,20,23). The van der Waals surface area contributed by atoms with E-state index >= 15 is 0 Å². The predicted molar refractivity (Wildman–Crippen MR) is 93.3 cm³/mol. The van der Waals surface area contributed by atoms with Crippen molar-refractivity contribution in [2.45, 2.75) is 58.0 Å². The van der Waals surface area contributed by atoms with E-state index in [1.54, 1.807) is 11.8 Å². The Hall–Kier alpha value is -2.24. The summed E-state index contributed by atoms with van der Waals surface area (Å²) in [5.74, 6) is 1.28. The molecule has 136 valence electrons. The largest absolute Gasteiger partial charge is 0.454 e. The van der Waals surface area contributed by atoms with Crippen LogP contribution in [0.2, 0.25) is 0 Å². The molecule has 1 N–H and O–H groups in total. The number of carbonyl (C=O) groups is 2. The van der Waals surface area contributed by atoms with Gasteiger partial charge in [0, 0.05) is 19.5 Å². The van der Waals surface area contributed by atoms with Gasteiger partial charge >= 0.3 is 0 Å². The molecule has 1 fully saturated rings. The first-order valence-corrected chi connectivity index (χ1v) is 9.06. The number of hydrogen-bond acceptors (Lipinski definition) is 4. The Morgan fingerprint density at radius 2 is 1.84 bits per heavy atom. The lowest BCUT2D eigenvalue weighted by Gasteiger charge is -2.29. The van der Waals surface area contributed by atoms with Gasteiger partial charge in [0.15, 0.2) is 11.5 Å². The van der Waals surface area contributed by atoms with E-state index in [-0.39, 0.29) is 31.2 Å². The van der Waals surface area contributed by atoms with Crippen LogP contribution in [0.3, 0.4) is 0 Å². The van der Waals surface area contributed by atoms with E-state index in [0.29, 0.717) is 12.3 Å². The van der Waals surface area contributed by atoms with Crippen molar-refractivity contribution < 1.29 is 19.1 Å². The van der Waals surface area contributed by atoms with Crippen LogP contribution in [0.25, 0.3) is 0 Å². The van der Waals surface area contributed by atoms with Gasteiger partial charge in [0.25, 0.3) is 0 Å². The molecule has 0 spiro atoms. The molecule has 1 saturated carbocycles. The monoisotopic (exact) mass is 346 g/mol. The van der Waals surface area contributed by atoms with Crippen molar-refractivity contribution in [2.75, 3.05) is 13.3 Å². The number of rotatable bonds is 5. The van der Waals surface area contributed by atoms with Crippen LogP contribution in [0, 0.1) is 0 Å². The quantitative estimate of drug-likeness (QED) is 0.832. The van der Waals surface area contributed by atoms with Crippen LogP contribution in [0.15, 0.2) is 18.2 Å². The van der Waals surface area contributed by atoms with E-state index in [1.165, 1.54) is 12.8 Å². The Morgan fingerprint density at radius 3 is 2.56 bits per heavy atom. The van der Waals surface area contributed by atoms with Gasteiger partial charge in [0.2, 0.25) is 18.6 Å². The predicted octanol–water partition coefficient (Wildman–Crippen LogP) is 2.60. The minimum atomic E-state index is -0.128. The number of hydrogen-bond donors (Lipinski definition) is 1. The molecular formula is C19H26N2O4. The Morgan fingerprint density at radius 1 is 1.12 bits per heavy atom. The van der Waals surface area contributed by atoms with Gasteiger partial charge in [-0.3, -0.25) is 9.59 Å². The summed E-state index contributed by atoms with van der Waals surface area (Å²) in [5.41, 5.74) is 0.946. The summed E-state index contributed by atoms with van der Waals surface area (Å²) >= 11 is 0. The molecule has 6 nitrogen and oxygen atoms in total. The second-order valence-electron chi connectivity index (χ2n) is 6.76. The summed E-state index contributed by atoms with van der Waals surface area (Å²) in [5, 5.41) is 2.90. The van der Waals surface area contributed by atoms with E-state index in [2.05, 4.69) is 5.32 Å². The van der Waals surface area contributed by atoms with Gasteiger partial charge < -0.3 is 19.7 Å². The zero-order valence-electron chi connectivity index (χ0n) is 14.8. The molecule has 1 heterocycles. The molecule has 25 heavy (non-hydrogen) atoms. The number of amides is 2. The number of fused-ring (bicyclic) bond motifs is 1. The number of nitrogens with one attached hydrogen (secondary N) is 1. The fourth-order valence-electron chi connectivity index (χ4n) is 3.53. The Kier molecular flexibility index (Phi) is 5.79. The van der Waals surface area contributed by atoms with Crippen LogP contribution in [0.4, 0.5) is 0 Å². The van der Waals surface area contributed by atoms with Crippen molar-refractivity contribution in [2.24, 2.45) is 0 Å². The Bertz CT molecular complexity index is 624. The summed E-state index contributed by atoms with van der Waals surface area (Å²) in [7, 11) is 0. The molecule has 2 amide bonds. The Labute approximate surface area is 148 Å². The number of ether oxygens (including phenoxy) is 2. The molecule has 6 heteroatoms. The van der Waals surface area contributed by atoms with Crippen molar-refractivity contribution >= 4 is 11.8 Å². The summed E-state index contributed by atoms with van der Waals surface area (Å²) in [6, 6.07) is 5.81. The maximum atomic E-state index is 12.3. The molecular weight excluding hydrogens is 320 g/mol. The van der Waals surface area contributed by atoms with Gasteiger partial charge in [0.1, 0.15) is 0 Å². The van der Waals surface area contributed by atoms with Crippen LogP contribution in [0.1, 0.15) is 51.0 Å². The highest BCUT2D eigenvalue weighted by Crippen LogP contribution is 2.32. The summed E-state index contributed by atoms with van der Waals surface area (Å²) < 4.78 is 10.6. The second-order valence-corrected chi connectivity index (χ2v) is 6.76. The van der Waals surface area contributed by atoms with Crippen LogP contribution < -0.4 is 14.8 Å². The molecule has 1 aromatic carbocycles. The summed E-state index contributed by atoms with van der Waals surface area (Å²) in [4.78, 5) is 26.1. The normalized spacial score (nSPS) is 17.0. The third-order valence-corrected chi connectivity index (χ3v) is 4.91. The van der Waals surface area contributed by atoms with Gasteiger partial charge in [-0.15, -0.1) is 0 Å². The third kappa shape index (κ3) is 4.65. The second kappa shape index (κ2) is 8.23. The van der Waals surface area contributed by atoms with Crippen LogP contribution in [-0.2, 0) is 16.1 Å². The van der Waals surface area contributed by atoms with Crippen molar-refractivity contribution in [3.63, 3.8) is 0 Å². The zero-order chi connectivity index (χ0) is 17.6. The van der Waals surface area contributed by atoms with Crippen molar-refractivity contribution in [1.29, 1.82) is 0 Å². The molecule has 0 radical (unpaired) electrons. The fourth-order valence-corrected chi connectivity index (χ4v) is 3.53. The average Bonchev–Trinajstić information content (AvgIpc) is 2.90. The third-order valence-electron chi connectivity index (χ3n) is 4.91. The van der Waals surface area contributed by atoms with Crippen LogP contribution in [0.5, 0.6) is 11.5 Å². The molecule has 0 bridgehead atoms. The smallest absolute Gasteiger partial charge is 0.239 e. The zero-order valence-corrected chi connectivity index (χ0v) is 14.8. The van der Waals surface area contributed by atoms with Crippen LogP contribution in [-0.4, -0.2) is 36.1 Å². The highest BCUT2D eigenvalue weighted by atomic mass is 16.7. The van der Waals surface area contributed by atoms with Crippen molar-refractivity contribution in [3.05, 3.63) is 23.8 Å². The van der Waals surface area contributed by atoms with E-state index in [9.17, 15) is 9.59 Å². The van der Waals surface area contributed by atoms with Gasteiger partial charge in [-0.2, -0.15) is 0 Å². The molecule has 1 aliphatic carbocycles. The Balaban J connectivity index is 1.53. The van der Waals surface area contributed by atoms with Crippen molar-refractivity contribution in [3.8, 4) is 11.5 Å². The summed E-state index contributed by atoms with van der Waals surface area (Å²) in [6.07, 6.45) is 6.70. The van der Waals surface area contributed by atoms with Crippen molar-refractivity contribution in [1.82, 2.24) is 10.2 Å². The number of benzene rings is 1. The van der Waals surface area contributed by atoms with E-state index < -0.39 is 0 Å². The minimum Gasteiger partial charge on any atom is -0.454 e.